The summed E-state index contributed by atoms with van der Waals surface area (Å²) in [5.74, 6) is 1.04. The first-order chi connectivity index (χ1) is 7.99. The van der Waals surface area contributed by atoms with Gasteiger partial charge in [0.05, 0.1) is 5.69 Å². The van der Waals surface area contributed by atoms with E-state index in [1.165, 1.54) is 22.4 Å². The quantitative estimate of drug-likeness (QED) is 0.825. The third-order valence-corrected chi connectivity index (χ3v) is 3.89. The lowest BCUT2D eigenvalue weighted by atomic mass is 10.0. The van der Waals surface area contributed by atoms with Gasteiger partial charge in [-0.1, -0.05) is 23.8 Å². The van der Waals surface area contributed by atoms with Crippen molar-refractivity contribution >= 4 is 15.9 Å². The molecule has 0 aliphatic rings. The molecule has 17 heavy (non-hydrogen) atoms. The van der Waals surface area contributed by atoms with Crippen molar-refractivity contribution in [1.29, 1.82) is 0 Å². The molecule has 0 saturated heterocycles. The summed E-state index contributed by atoms with van der Waals surface area (Å²) in [6, 6.07) is 6.59. The van der Waals surface area contributed by atoms with E-state index in [-0.39, 0.29) is 0 Å². The first-order valence-electron chi connectivity index (χ1n) is 5.73. The molecule has 0 radical (unpaired) electrons. The molecule has 3 heteroatoms. The maximum absolute atomic E-state index is 4.44. The fourth-order valence-corrected chi connectivity index (χ4v) is 2.64. The van der Waals surface area contributed by atoms with Crippen molar-refractivity contribution in [2.24, 2.45) is 7.05 Å². The van der Waals surface area contributed by atoms with Gasteiger partial charge in [0.1, 0.15) is 10.4 Å². The Balaban J connectivity index is 2.41. The van der Waals surface area contributed by atoms with Crippen molar-refractivity contribution < 1.29 is 0 Å². The Morgan fingerprint density at radius 3 is 2.53 bits per heavy atom. The molecule has 0 fully saturated rings. The van der Waals surface area contributed by atoms with Crippen LogP contribution in [0, 0.1) is 20.8 Å². The number of hydrogen-bond donors (Lipinski definition) is 0. The monoisotopic (exact) mass is 292 g/mol. The average molecular weight is 293 g/mol. The zero-order chi connectivity index (χ0) is 12.6. The molecule has 0 saturated carbocycles. The van der Waals surface area contributed by atoms with Crippen LogP contribution >= 0.6 is 15.9 Å². The lowest BCUT2D eigenvalue weighted by Crippen LogP contribution is -2.01. The molecule has 90 valence electrons. The number of hydrogen-bond acceptors (Lipinski definition) is 1. The summed E-state index contributed by atoms with van der Waals surface area (Å²) in [5.41, 5.74) is 5.24. The molecule has 0 aliphatic carbocycles. The van der Waals surface area contributed by atoms with E-state index in [9.17, 15) is 0 Å². The van der Waals surface area contributed by atoms with Crippen LogP contribution in [0.25, 0.3) is 0 Å². The highest BCUT2D eigenvalue weighted by Gasteiger charge is 2.11. The fourth-order valence-electron chi connectivity index (χ4n) is 1.98. The predicted molar refractivity (Wildman–Crippen MR) is 74.4 cm³/mol. The molecular weight excluding hydrogens is 276 g/mol. The first-order valence-corrected chi connectivity index (χ1v) is 6.52. The molecule has 0 amide bonds. The van der Waals surface area contributed by atoms with Gasteiger partial charge >= 0.3 is 0 Å². The molecule has 0 unspecified atom stereocenters. The van der Waals surface area contributed by atoms with Crippen molar-refractivity contribution in [3.05, 3.63) is 51.0 Å². The van der Waals surface area contributed by atoms with Gasteiger partial charge in [0.25, 0.3) is 0 Å². The van der Waals surface area contributed by atoms with E-state index in [1.807, 2.05) is 6.92 Å². The number of aryl methyl sites for hydroxylation is 3. The van der Waals surface area contributed by atoms with Gasteiger partial charge in [0, 0.05) is 13.5 Å². The minimum atomic E-state index is 0.922. The van der Waals surface area contributed by atoms with Gasteiger partial charge in [-0.05, 0) is 47.8 Å². The number of nitrogens with zero attached hydrogens (tertiary/aromatic N) is 2. The third kappa shape index (κ3) is 2.44. The minimum Gasteiger partial charge on any atom is -0.334 e. The summed E-state index contributed by atoms with van der Waals surface area (Å²) in [6.07, 6.45) is 0.922. The molecular formula is C14H17BrN2. The number of imidazole rings is 1. The van der Waals surface area contributed by atoms with Gasteiger partial charge in [-0.3, -0.25) is 0 Å². The van der Waals surface area contributed by atoms with Gasteiger partial charge in [-0.2, -0.15) is 0 Å². The molecule has 0 N–H and O–H groups in total. The van der Waals surface area contributed by atoms with E-state index in [2.05, 4.69) is 64.6 Å². The van der Waals surface area contributed by atoms with Crippen molar-refractivity contribution in [3.63, 3.8) is 0 Å². The standard InChI is InChI=1S/C14H17BrN2/c1-9-5-6-10(2)12(7-9)8-13-14(15)16-11(3)17(13)4/h5-7H,8H2,1-4H3. The molecule has 0 bridgehead atoms. The zero-order valence-electron chi connectivity index (χ0n) is 10.7. The Morgan fingerprint density at radius 1 is 1.24 bits per heavy atom. The molecule has 2 nitrogen and oxygen atoms in total. The SMILES string of the molecule is Cc1ccc(C)c(Cc2c(Br)nc(C)n2C)c1. The summed E-state index contributed by atoms with van der Waals surface area (Å²) in [6.45, 7) is 6.32. The van der Waals surface area contributed by atoms with E-state index < -0.39 is 0 Å². The van der Waals surface area contributed by atoms with Crippen LogP contribution in [-0.2, 0) is 13.5 Å². The highest BCUT2D eigenvalue weighted by atomic mass is 79.9. The van der Waals surface area contributed by atoms with Crippen LogP contribution in [0.5, 0.6) is 0 Å². The third-order valence-electron chi connectivity index (χ3n) is 3.25. The molecule has 2 aromatic rings. The second-order valence-electron chi connectivity index (χ2n) is 4.56. The van der Waals surface area contributed by atoms with Crippen LogP contribution in [0.3, 0.4) is 0 Å². The van der Waals surface area contributed by atoms with E-state index in [0.717, 1.165) is 16.8 Å². The predicted octanol–water partition coefficient (Wildman–Crippen LogP) is 3.70. The number of halogens is 1. The molecule has 0 atom stereocenters. The Bertz CT molecular complexity index is 556. The van der Waals surface area contributed by atoms with Crippen molar-refractivity contribution in [2.45, 2.75) is 27.2 Å². The lowest BCUT2D eigenvalue weighted by Gasteiger charge is -2.09. The van der Waals surface area contributed by atoms with Crippen LogP contribution in [0.1, 0.15) is 28.2 Å². The smallest absolute Gasteiger partial charge is 0.127 e. The minimum absolute atomic E-state index is 0.922. The first kappa shape index (κ1) is 12.4. The molecule has 0 aliphatic heterocycles. The highest BCUT2D eigenvalue weighted by molar-refractivity contribution is 9.10. The summed E-state index contributed by atoms with van der Waals surface area (Å²) in [4.78, 5) is 4.44. The van der Waals surface area contributed by atoms with Crippen molar-refractivity contribution in [2.75, 3.05) is 0 Å². The van der Waals surface area contributed by atoms with E-state index >= 15 is 0 Å². The molecule has 2 rings (SSSR count). The maximum Gasteiger partial charge on any atom is 0.127 e. The van der Waals surface area contributed by atoms with E-state index in [1.54, 1.807) is 0 Å². The highest BCUT2D eigenvalue weighted by Crippen LogP contribution is 2.22. The van der Waals surface area contributed by atoms with Gasteiger partial charge in [0.15, 0.2) is 0 Å². The summed E-state index contributed by atoms with van der Waals surface area (Å²) in [5, 5.41) is 0. The largest absolute Gasteiger partial charge is 0.334 e. The summed E-state index contributed by atoms with van der Waals surface area (Å²) < 4.78 is 3.10. The van der Waals surface area contributed by atoms with Crippen LogP contribution in [0.4, 0.5) is 0 Å². The van der Waals surface area contributed by atoms with E-state index in [4.69, 9.17) is 0 Å². The van der Waals surface area contributed by atoms with Crippen LogP contribution in [-0.4, -0.2) is 9.55 Å². The molecule has 1 aromatic heterocycles. The van der Waals surface area contributed by atoms with Gasteiger partial charge in [-0.25, -0.2) is 4.98 Å². The van der Waals surface area contributed by atoms with E-state index in [0.29, 0.717) is 0 Å². The van der Waals surface area contributed by atoms with Crippen molar-refractivity contribution in [1.82, 2.24) is 9.55 Å². The summed E-state index contributed by atoms with van der Waals surface area (Å²) in [7, 11) is 2.06. The topological polar surface area (TPSA) is 17.8 Å². The zero-order valence-corrected chi connectivity index (χ0v) is 12.3. The summed E-state index contributed by atoms with van der Waals surface area (Å²) >= 11 is 3.54. The Morgan fingerprint density at radius 2 is 1.94 bits per heavy atom. The lowest BCUT2D eigenvalue weighted by molar-refractivity contribution is 0.804. The Kier molecular flexibility index (Phi) is 3.38. The Labute approximate surface area is 111 Å². The average Bonchev–Trinajstić information content (AvgIpc) is 2.50. The van der Waals surface area contributed by atoms with Crippen LogP contribution in [0.2, 0.25) is 0 Å². The van der Waals surface area contributed by atoms with Gasteiger partial charge in [-0.15, -0.1) is 0 Å². The second kappa shape index (κ2) is 4.65. The fraction of sp³-hybridized carbons (Fsp3) is 0.357. The number of rotatable bonds is 2. The molecule has 0 spiro atoms. The maximum atomic E-state index is 4.44. The van der Waals surface area contributed by atoms with Gasteiger partial charge < -0.3 is 4.57 Å². The number of aromatic nitrogens is 2. The van der Waals surface area contributed by atoms with Crippen LogP contribution in [0.15, 0.2) is 22.8 Å². The van der Waals surface area contributed by atoms with Gasteiger partial charge in [0.2, 0.25) is 0 Å². The second-order valence-corrected chi connectivity index (χ2v) is 5.31. The molecule has 1 aromatic carbocycles. The normalized spacial score (nSPS) is 10.9. The van der Waals surface area contributed by atoms with Crippen molar-refractivity contribution in [3.8, 4) is 0 Å². The molecule has 1 heterocycles. The van der Waals surface area contributed by atoms with Crippen LogP contribution < -0.4 is 0 Å². The Hall–Kier alpha value is -1.09. The number of benzene rings is 1.